The first-order valence-electron chi connectivity index (χ1n) is 8.32. The summed E-state index contributed by atoms with van der Waals surface area (Å²) in [5, 5.41) is 2.85. The molecule has 2 heterocycles. The molecule has 1 aromatic heterocycles. The number of amides is 1. The molecule has 1 fully saturated rings. The van der Waals surface area contributed by atoms with E-state index in [9.17, 15) is 9.18 Å². The van der Waals surface area contributed by atoms with E-state index in [-0.39, 0.29) is 18.0 Å². The molecule has 0 radical (unpaired) electrons. The summed E-state index contributed by atoms with van der Waals surface area (Å²) in [6.07, 6.45) is 3.43. The Morgan fingerprint density at radius 1 is 1.36 bits per heavy atom. The second-order valence-corrected chi connectivity index (χ2v) is 6.27. The van der Waals surface area contributed by atoms with E-state index in [0.717, 1.165) is 13.0 Å². The van der Waals surface area contributed by atoms with E-state index in [0.29, 0.717) is 23.6 Å². The number of anilines is 1. The number of rotatable bonds is 4. The van der Waals surface area contributed by atoms with Crippen molar-refractivity contribution in [1.82, 2.24) is 15.3 Å². The van der Waals surface area contributed by atoms with Crippen molar-refractivity contribution in [2.24, 2.45) is 0 Å². The number of ether oxygens (including phenoxy) is 1. The maximum Gasteiger partial charge on any atom is 0.407 e. The van der Waals surface area contributed by atoms with Crippen LogP contribution in [0.5, 0.6) is 0 Å². The van der Waals surface area contributed by atoms with Gasteiger partial charge in [-0.05, 0) is 32.4 Å². The third kappa shape index (κ3) is 4.23. The fourth-order valence-corrected chi connectivity index (χ4v) is 2.81. The van der Waals surface area contributed by atoms with Crippen LogP contribution in [0, 0.1) is 5.82 Å². The van der Waals surface area contributed by atoms with Gasteiger partial charge in [0.2, 0.25) is 0 Å². The van der Waals surface area contributed by atoms with Crippen LogP contribution in [0.4, 0.5) is 15.0 Å². The van der Waals surface area contributed by atoms with Gasteiger partial charge in [-0.15, -0.1) is 0 Å². The highest BCUT2D eigenvalue weighted by Crippen LogP contribution is 2.24. The summed E-state index contributed by atoms with van der Waals surface area (Å²) in [5.41, 5.74) is 0.914. The van der Waals surface area contributed by atoms with Gasteiger partial charge < -0.3 is 15.0 Å². The van der Waals surface area contributed by atoms with Crippen LogP contribution >= 0.6 is 0 Å². The van der Waals surface area contributed by atoms with Crippen molar-refractivity contribution >= 4 is 11.9 Å². The Kier molecular flexibility index (Phi) is 5.11. The largest absolute Gasteiger partial charge is 0.447 e. The second-order valence-electron chi connectivity index (χ2n) is 6.27. The minimum absolute atomic E-state index is 0.00910. The fraction of sp³-hybridized carbons (Fsp3) is 0.389. The molecule has 0 spiro atoms. The standard InChI is InChI=1S/C18H21FN4O2/c1-12(2)25-18(24)21-13-7-8-23(11-13)17-10-20-9-16(22-17)14-5-3-4-6-15(14)19/h3-6,9-10,12-13H,7-8,11H2,1-2H3,(H,21,24). The lowest BCUT2D eigenvalue weighted by Crippen LogP contribution is -2.38. The highest BCUT2D eigenvalue weighted by molar-refractivity contribution is 5.68. The van der Waals surface area contributed by atoms with Crippen LogP contribution in [-0.4, -0.2) is 41.3 Å². The summed E-state index contributed by atoms with van der Waals surface area (Å²) in [7, 11) is 0. The van der Waals surface area contributed by atoms with Gasteiger partial charge in [0.25, 0.3) is 0 Å². The minimum atomic E-state index is -0.409. The smallest absolute Gasteiger partial charge is 0.407 e. The fourth-order valence-electron chi connectivity index (χ4n) is 2.81. The predicted octanol–water partition coefficient (Wildman–Crippen LogP) is 3.00. The summed E-state index contributed by atoms with van der Waals surface area (Å²) in [5.74, 6) is 0.341. The molecule has 25 heavy (non-hydrogen) atoms. The van der Waals surface area contributed by atoms with Gasteiger partial charge in [0.1, 0.15) is 11.6 Å². The molecule has 0 bridgehead atoms. The van der Waals surface area contributed by atoms with Crippen LogP contribution in [0.1, 0.15) is 20.3 Å². The zero-order valence-corrected chi connectivity index (χ0v) is 14.3. The quantitative estimate of drug-likeness (QED) is 0.923. The molecule has 3 rings (SSSR count). The Morgan fingerprint density at radius 3 is 2.92 bits per heavy atom. The third-order valence-electron chi connectivity index (χ3n) is 3.95. The normalized spacial score (nSPS) is 17.0. The molecule has 0 saturated carbocycles. The van der Waals surface area contributed by atoms with Crippen molar-refractivity contribution in [3.05, 3.63) is 42.5 Å². The first-order valence-corrected chi connectivity index (χ1v) is 8.32. The zero-order valence-electron chi connectivity index (χ0n) is 14.3. The average molecular weight is 344 g/mol. The van der Waals surface area contributed by atoms with Crippen molar-refractivity contribution in [1.29, 1.82) is 0 Å². The predicted molar refractivity (Wildman–Crippen MR) is 92.8 cm³/mol. The lowest BCUT2D eigenvalue weighted by atomic mass is 10.1. The zero-order chi connectivity index (χ0) is 17.8. The number of benzene rings is 1. The Labute approximate surface area is 146 Å². The van der Waals surface area contributed by atoms with Crippen molar-refractivity contribution < 1.29 is 13.9 Å². The molecule has 1 aliphatic rings. The Morgan fingerprint density at radius 2 is 2.16 bits per heavy atom. The van der Waals surface area contributed by atoms with Crippen LogP contribution in [0.15, 0.2) is 36.7 Å². The Balaban J connectivity index is 1.68. The van der Waals surface area contributed by atoms with Crippen molar-refractivity contribution in [3.63, 3.8) is 0 Å². The molecular formula is C18H21FN4O2. The highest BCUT2D eigenvalue weighted by Gasteiger charge is 2.26. The van der Waals surface area contributed by atoms with Gasteiger partial charge >= 0.3 is 6.09 Å². The van der Waals surface area contributed by atoms with E-state index in [1.165, 1.54) is 6.07 Å². The van der Waals surface area contributed by atoms with E-state index in [1.807, 2.05) is 18.7 Å². The molecule has 1 atom stereocenters. The molecule has 1 unspecified atom stereocenters. The number of hydrogen-bond donors (Lipinski definition) is 1. The van der Waals surface area contributed by atoms with Crippen LogP contribution in [0.3, 0.4) is 0 Å². The van der Waals surface area contributed by atoms with Gasteiger partial charge in [-0.25, -0.2) is 14.2 Å². The van der Waals surface area contributed by atoms with Gasteiger partial charge in [-0.1, -0.05) is 12.1 Å². The highest BCUT2D eigenvalue weighted by atomic mass is 19.1. The molecule has 0 aliphatic carbocycles. The van der Waals surface area contributed by atoms with Gasteiger partial charge in [-0.2, -0.15) is 0 Å². The number of halogens is 1. The number of nitrogens with one attached hydrogen (secondary N) is 1. The second kappa shape index (κ2) is 7.46. The third-order valence-corrected chi connectivity index (χ3v) is 3.95. The monoisotopic (exact) mass is 344 g/mol. The molecule has 6 nitrogen and oxygen atoms in total. The molecular weight excluding hydrogens is 323 g/mol. The number of carbonyl (C=O) groups is 1. The van der Waals surface area contributed by atoms with Crippen LogP contribution in [0.2, 0.25) is 0 Å². The topological polar surface area (TPSA) is 67.3 Å². The molecule has 1 aliphatic heterocycles. The van der Waals surface area contributed by atoms with Crippen LogP contribution in [0.25, 0.3) is 11.3 Å². The van der Waals surface area contributed by atoms with Gasteiger partial charge in [0, 0.05) is 18.7 Å². The first-order chi connectivity index (χ1) is 12.0. The van der Waals surface area contributed by atoms with Gasteiger partial charge in [0.05, 0.1) is 30.2 Å². The summed E-state index contributed by atoms with van der Waals surface area (Å²) in [6, 6.07) is 6.48. The van der Waals surface area contributed by atoms with Crippen molar-refractivity contribution in [2.75, 3.05) is 18.0 Å². The van der Waals surface area contributed by atoms with E-state index in [1.54, 1.807) is 30.6 Å². The Bertz CT molecular complexity index is 753. The minimum Gasteiger partial charge on any atom is -0.447 e. The number of hydrogen-bond acceptors (Lipinski definition) is 5. The molecule has 7 heteroatoms. The van der Waals surface area contributed by atoms with E-state index < -0.39 is 6.09 Å². The number of alkyl carbamates (subject to hydrolysis) is 1. The lowest BCUT2D eigenvalue weighted by molar-refractivity contribution is 0.113. The molecule has 2 aromatic rings. The number of nitrogens with zero attached hydrogens (tertiary/aromatic N) is 3. The SMILES string of the molecule is CC(C)OC(=O)NC1CCN(c2cncc(-c3ccccc3F)n2)C1. The van der Waals surface area contributed by atoms with Crippen molar-refractivity contribution in [2.45, 2.75) is 32.4 Å². The van der Waals surface area contributed by atoms with Gasteiger partial charge in [0.15, 0.2) is 0 Å². The molecule has 132 valence electrons. The average Bonchev–Trinajstić information content (AvgIpc) is 3.03. The Hall–Kier alpha value is -2.70. The number of carbonyl (C=O) groups excluding carboxylic acids is 1. The molecule has 1 amide bonds. The van der Waals surface area contributed by atoms with E-state index in [4.69, 9.17) is 4.74 Å². The lowest BCUT2D eigenvalue weighted by Gasteiger charge is -2.18. The summed E-state index contributed by atoms with van der Waals surface area (Å²) >= 11 is 0. The van der Waals surface area contributed by atoms with Crippen LogP contribution < -0.4 is 10.2 Å². The summed E-state index contributed by atoms with van der Waals surface area (Å²) in [4.78, 5) is 22.4. The maximum absolute atomic E-state index is 14.0. The van der Waals surface area contributed by atoms with E-state index in [2.05, 4.69) is 15.3 Å². The molecule has 1 saturated heterocycles. The summed E-state index contributed by atoms with van der Waals surface area (Å²) in [6.45, 7) is 4.97. The summed E-state index contributed by atoms with van der Waals surface area (Å²) < 4.78 is 19.1. The van der Waals surface area contributed by atoms with Gasteiger partial charge in [-0.3, -0.25) is 4.98 Å². The van der Waals surface area contributed by atoms with Crippen LogP contribution in [-0.2, 0) is 4.74 Å². The van der Waals surface area contributed by atoms with Crippen molar-refractivity contribution in [3.8, 4) is 11.3 Å². The van der Waals surface area contributed by atoms with E-state index >= 15 is 0 Å². The molecule has 1 N–H and O–H groups in total. The maximum atomic E-state index is 14.0. The number of aromatic nitrogens is 2. The first kappa shape index (κ1) is 17.1. The molecule has 1 aromatic carbocycles.